The molecule has 0 aliphatic carbocycles. The van der Waals surface area contributed by atoms with Gasteiger partial charge >= 0.3 is 0 Å². The van der Waals surface area contributed by atoms with Gasteiger partial charge in [-0.3, -0.25) is 129 Å². The van der Waals surface area contributed by atoms with Crippen LogP contribution in [0, 0.1) is 47.3 Å². The van der Waals surface area contributed by atoms with Crippen molar-refractivity contribution in [2.45, 2.75) is 329 Å². The summed E-state index contributed by atoms with van der Waals surface area (Å²) in [4.78, 5) is 354. The number of allylic oxidation sites excluding steroid dienone is 1. The van der Waals surface area contributed by atoms with Gasteiger partial charge in [-0.15, -0.1) is 13.2 Å². The second-order valence-corrected chi connectivity index (χ2v) is 35.7. The Morgan fingerprint density at radius 2 is 0.732 bits per heavy atom. The van der Waals surface area contributed by atoms with Crippen molar-refractivity contribution in [1.82, 2.24) is 95.3 Å². The minimum atomic E-state index is -2.11. The predicted octanol–water partition coefficient (Wildman–Crippen LogP) is -3.78. The smallest absolute Gasteiger partial charge is 0.262 e. The van der Waals surface area contributed by atoms with Crippen molar-refractivity contribution in [2.24, 2.45) is 53.1 Å². The zero-order valence-electron chi connectivity index (χ0n) is 82.7. The highest BCUT2D eigenvalue weighted by atomic mass is 16.2. The van der Waals surface area contributed by atoms with E-state index in [0.29, 0.717) is 63.1 Å². The molecular weight excluding hydrogens is 1800 g/mol. The molecule has 45 heteroatoms. The molecule has 0 aromatic carbocycles. The summed E-state index contributed by atoms with van der Waals surface area (Å²) in [5, 5.41) is 44.0. The number of ketones is 7. The summed E-state index contributed by atoms with van der Waals surface area (Å²) >= 11 is 0. The third-order valence-electron chi connectivity index (χ3n) is 23.3. The van der Waals surface area contributed by atoms with Gasteiger partial charge < -0.3 is 96.3 Å². The number of hydrogen-bond acceptors (Lipinski definition) is 35. The van der Waals surface area contributed by atoms with Crippen LogP contribution in [0.25, 0.3) is 0 Å². The van der Waals surface area contributed by atoms with E-state index >= 15 is 19.2 Å². The van der Waals surface area contributed by atoms with Crippen LogP contribution in [-0.4, -0.2) is 303 Å². The Kier molecular flexibility index (Phi) is 62.1. The molecule has 0 radical (unpaired) electrons. The van der Waals surface area contributed by atoms with E-state index in [-0.39, 0.29) is 62.4 Å². The molecule has 0 saturated carbocycles. The SMILES string of the molecule is C=CCCC(=O)C[C@@H](C)C(=O)N[C@@H](N[C@H](C=O)C(C)C)C(=O)N(CC=C)[C@@H](NCC=O)C(=O)N[C@@H](C)C(=O)C[C@@H](N[C@H](C=O)CCC(N)=O)C(=O)N[C@@H](N[C@H](C=O)CC(C)C)C(=O)C[C@@H](N[C@@H](C)C=O)C(=O)N[C@@H](N[C@H](C=O)[C@@H](C)CC)C(=O)C[C@@H](N[C@H](C=O)[C@@H](C)CC)C(=O)N[C@@H](NCC=O)C(=O)C[C@@H](C)C(=O)N[C@@H](C)C(=O)C[C@@H](N[C@H](C=O)[C@@H](C)CC)C(=O)N[C@@H](C)C(=O)C[C@@H](C)C(=O)NC. The molecule has 0 fully saturated rings. The summed E-state index contributed by atoms with van der Waals surface area (Å²) in [6.45, 7) is 31.4. The van der Waals surface area contributed by atoms with Gasteiger partial charge in [-0.25, -0.2) is 0 Å². The summed E-state index contributed by atoms with van der Waals surface area (Å²) in [5.74, 6) is -21.6. The molecular formula is C93H151N19O26. The first kappa shape index (κ1) is 127. The number of nitrogens with two attached hydrogens (primary N) is 1. The summed E-state index contributed by atoms with van der Waals surface area (Å²) in [7, 11) is 1.39. The van der Waals surface area contributed by atoms with Crippen molar-refractivity contribution < 1.29 is 125 Å². The Hall–Kier alpha value is -11.5. The van der Waals surface area contributed by atoms with E-state index in [1.54, 1.807) is 69.2 Å². The van der Waals surface area contributed by atoms with Crippen LogP contribution in [0.2, 0.25) is 0 Å². The molecule has 0 aliphatic rings. The van der Waals surface area contributed by atoms with E-state index in [1.165, 1.54) is 54.7 Å². The normalized spacial score (nSPS) is 16.8. The molecule has 0 aromatic heterocycles. The van der Waals surface area contributed by atoms with Gasteiger partial charge in [0.15, 0.2) is 47.0 Å². The Morgan fingerprint density at radius 3 is 1.16 bits per heavy atom. The van der Waals surface area contributed by atoms with Crippen LogP contribution in [-0.2, 0) is 125 Å². The fourth-order valence-electron chi connectivity index (χ4n) is 13.8. The van der Waals surface area contributed by atoms with Gasteiger partial charge in [-0.1, -0.05) is 121 Å². The maximum Gasteiger partial charge on any atom is 0.262 e. The molecule has 10 amide bonds. The van der Waals surface area contributed by atoms with Gasteiger partial charge in [0.1, 0.15) is 80.9 Å². The fraction of sp³-hybridized carbons (Fsp3) is 0.677. The summed E-state index contributed by atoms with van der Waals surface area (Å²) < 4.78 is 0. The van der Waals surface area contributed by atoms with Crippen molar-refractivity contribution in [3.05, 3.63) is 25.3 Å². The lowest BCUT2D eigenvalue weighted by Gasteiger charge is -2.35. The number of nitrogens with one attached hydrogen (secondary N) is 17. The summed E-state index contributed by atoms with van der Waals surface area (Å²) in [6.07, 6.45) is -8.34. The number of nitrogens with zero attached hydrogens (tertiary/aromatic N) is 1. The lowest BCUT2D eigenvalue weighted by atomic mass is 9.96. The highest BCUT2D eigenvalue weighted by Crippen LogP contribution is 2.19. The van der Waals surface area contributed by atoms with Crippen molar-refractivity contribution in [3.8, 4) is 0 Å². The number of carbonyl (C=O) groups is 26. The quantitative estimate of drug-likeness (QED) is 0.0158. The van der Waals surface area contributed by atoms with Crippen LogP contribution in [0.3, 0.4) is 0 Å². The van der Waals surface area contributed by atoms with Gasteiger partial charge in [-0.05, 0) is 76.5 Å². The predicted molar refractivity (Wildman–Crippen MR) is 506 cm³/mol. The van der Waals surface area contributed by atoms with E-state index in [0.717, 1.165) is 17.9 Å². The minimum Gasteiger partial charge on any atom is -0.370 e. The Labute approximate surface area is 807 Å². The van der Waals surface area contributed by atoms with Crippen LogP contribution in [0.1, 0.15) is 214 Å². The monoisotopic (exact) mass is 1950 g/mol. The Bertz CT molecular complexity index is 4130. The molecule has 0 spiro atoms. The van der Waals surface area contributed by atoms with Gasteiger partial charge in [0, 0.05) is 89.1 Å². The number of amides is 10. The first-order valence-electron chi connectivity index (χ1n) is 46.7. The average molecular weight is 1950 g/mol. The standard InChI is InChI=1S/C93H151N19O26/c1-21-26-27-64(122)36-55(13)87(132)111-83(106-69(46-118)51(8)9)93(138)112(32-22-2)84(97-31-34-114)92(137)101-61(19)74(124)39-66(102-62(44-116)28-29-79(94)129)90(135)109-81(103-63(45-117)35-50(6)7)77(127)41-65(98-58(16)43-115)89(134)110-82(107-72(49-121)54(12)25-5)78(128)42-68(105-71(48-120)53(11)24-4)91(136)108-80(96-30-33-113)76(126)38-57(15)86(131)99-60(18)75(125)40-67(104-70(47-119)52(10)23-3)88(133)100-59(17)73(123)37-56(14)85(130)95-20/h21-22,33-34,43-63,65-72,80-84,96-98,102-107H,1-2,23-32,35-42H2,3-20H3,(H2,94,129)(H,95,130)(H,99,131)(H,100,133)(H,101,137)(H,108,136)(H,109,135)(H,110,134)(H,111,132)/t52-,53-,54-,55+,56+,57+,58-,59-,60-,61-,62-,63-,65+,66+,67+,68+,69+,70+,71+,72+,80+,81+,82+,83+,84+/m0/s1. The molecule has 0 rings (SSSR count). The molecule has 0 aromatic rings. The van der Waals surface area contributed by atoms with E-state index < -0.39 is 309 Å². The number of aldehydes is 9. The second kappa shape index (κ2) is 67.7. The maximum atomic E-state index is 15.3. The number of carbonyl (C=O) groups excluding carboxylic acids is 26. The number of rotatable bonds is 81. The largest absolute Gasteiger partial charge is 0.370 e. The Balaban J connectivity index is 8.16. The number of hydrogen-bond donors (Lipinski definition) is 18. The fourth-order valence-corrected chi connectivity index (χ4v) is 13.8. The van der Waals surface area contributed by atoms with E-state index in [1.807, 2.05) is 0 Å². The lowest BCUT2D eigenvalue weighted by molar-refractivity contribution is -0.146. The lowest BCUT2D eigenvalue weighted by Crippen LogP contribution is -2.66. The van der Waals surface area contributed by atoms with Crippen molar-refractivity contribution in [1.29, 1.82) is 0 Å². The molecule has 19 N–H and O–H groups in total. The van der Waals surface area contributed by atoms with E-state index in [2.05, 4.69) is 104 Å². The molecule has 0 bridgehead atoms. The van der Waals surface area contributed by atoms with Gasteiger partial charge in [0.25, 0.3) is 11.8 Å². The molecule has 0 unspecified atom stereocenters. The molecule has 0 heterocycles. The van der Waals surface area contributed by atoms with Gasteiger partial charge in [0.2, 0.25) is 47.3 Å². The molecule has 0 aliphatic heterocycles. The number of primary amides is 1. The topological polar surface area (TPSA) is 678 Å². The molecule has 138 heavy (non-hydrogen) atoms. The van der Waals surface area contributed by atoms with Crippen molar-refractivity contribution in [3.63, 3.8) is 0 Å². The third kappa shape index (κ3) is 46.3. The first-order chi connectivity index (χ1) is 65.0. The molecule has 774 valence electrons. The van der Waals surface area contributed by atoms with Crippen LogP contribution in [0.15, 0.2) is 25.3 Å². The highest BCUT2D eigenvalue weighted by Gasteiger charge is 2.43. The van der Waals surface area contributed by atoms with Crippen LogP contribution >= 0.6 is 0 Å². The van der Waals surface area contributed by atoms with Crippen molar-refractivity contribution in [2.75, 3.05) is 26.7 Å². The third-order valence-corrected chi connectivity index (χ3v) is 23.3. The number of Topliss-reactive ketones (excluding diaryl/α,β-unsaturated/α-hetero) is 7. The summed E-state index contributed by atoms with van der Waals surface area (Å²) in [5.41, 5.74) is 5.44. The first-order valence-corrected chi connectivity index (χ1v) is 46.7. The van der Waals surface area contributed by atoms with E-state index in [4.69, 9.17) is 5.73 Å². The molecule has 25 atom stereocenters. The maximum absolute atomic E-state index is 15.3. The zero-order chi connectivity index (χ0) is 106. The van der Waals surface area contributed by atoms with E-state index in [9.17, 15) is 105 Å². The molecule has 45 nitrogen and oxygen atoms in total. The highest BCUT2D eigenvalue weighted by molar-refractivity contribution is 6.02. The van der Waals surface area contributed by atoms with Crippen LogP contribution in [0.4, 0.5) is 0 Å². The van der Waals surface area contributed by atoms with Gasteiger partial charge in [-0.2, -0.15) is 0 Å². The average Bonchev–Trinajstić information content (AvgIpc) is 0.818. The minimum absolute atomic E-state index is 0.0449. The Morgan fingerprint density at radius 1 is 0.355 bits per heavy atom. The summed E-state index contributed by atoms with van der Waals surface area (Å²) in [6, 6.07) is -20.3. The zero-order valence-corrected chi connectivity index (χ0v) is 82.7. The van der Waals surface area contributed by atoms with Crippen LogP contribution < -0.4 is 96.1 Å². The molecule has 0 saturated heterocycles. The van der Waals surface area contributed by atoms with Crippen LogP contribution in [0.5, 0.6) is 0 Å². The second-order valence-electron chi connectivity index (χ2n) is 35.7. The van der Waals surface area contributed by atoms with Crippen molar-refractivity contribution >= 4 is 156 Å². The van der Waals surface area contributed by atoms with Gasteiger partial charge in [0.05, 0.1) is 97.7 Å².